The zero-order chi connectivity index (χ0) is 15.2. The van der Waals surface area contributed by atoms with E-state index in [0.29, 0.717) is 36.9 Å². The Kier molecular flexibility index (Phi) is 5.50. The maximum absolute atomic E-state index is 13.4. The fourth-order valence-electron chi connectivity index (χ4n) is 2.62. The van der Waals surface area contributed by atoms with Gasteiger partial charge in [-0.2, -0.15) is 0 Å². The Morgan fingerprint density at radius 1 is 1.52 bits per heavy atom. The molecule has 5 nitrogen and oxygen atoms in total. The first-order chi connectivity index (χ1) is 10.2. The Morgan fingerprint density at radius 3 is 2.86 bits per heavy atom. The number of pyridine rings is 1. The van der Waals surface area contributed by atoms with E-state index in [0.717, 1.165) is 25.6 Å². The van der Waals surface area contributed by atoms with Crippen LogP contribution >= 0.6 is 0 Å². The van der Waals surface area contributed by atoms with Gasteiger partial charge in [-0.25, -0.2) is 9.37 Å². The first kappa shape index (κ1) is 15.7. The molecule has 1 saturated heterocycles. The number of anilines is 1. The number of nitrogens with one attached hydrogen (secondary N) is 1. The maximum atomic E-state index is 13.4. The number of aromatic nitrogens is 1. The van der Waals surface area contributed by atoms with Crippen molar-refractivity contribution in [2.24, 2.45) is 5.92 Å². The van der Waals surface area contributed by atoms with E-state index in [9.17, 15) is 9.18 Å². The summed E-state index contributed by atoms with van der Waals surface area (Å²) in [5.41, 5.74) is 0.307. The highest BCUT2D eigenvalue weighted by atomic mass is 19.1. The minimum atomic E-state index is -0.491. The SMILES string of the molecule is CCNc1ncc(F)cc1C(=O)N1CCC(COC)CC1. The number of hydrogen-bond donors (Lipinski definition) is 1. The van der Waals surface area contributed by atoms with Crippen molar-refractivity contribution in [1.29, 1.82) is 0 Å². The second kappa shape index (κ2) is 7.36. The molecule has 0 aliphatic carbocycles. The molecule has 0 unspecified atom stereocenters. The van der Waals surface area contributed by atoms with Crippen molar-refractivity contribution < 1.29 is 13.9 Å². The summed E-state index contributed by atoms with van der Waals surface area (Å²) < 4.78 is 18.6. The van der Waals surface area contributed by atoms with E-state index in [1.165, 1.54) is 6.07 Å². The fraction of sp³-hybridized carbons (Fsp3) is 0.600. The lowest BCUT2D eigenvalue weighted by atomic mass is 9.97. The Hall–Kier alpha value is -1.69. The number of carbonyl (C=O) groups is 1. The molecule has 0 aromatic carbocycles. The van der Waals surface area contributed by atoms with Crippen molar-refractivity contribution in [3.63, 3.8) is 0 Å². The average molecular weight is 295 g/mol. The van der Waals surface area contributed by atoms with E-state index in [-0.39, 0.29) is 5.91 Å². The minimum Gasteiger partial charge on any atom is -0.384 e. The molecule has 1 aromatic rings. The quantitative estimate of drug-likeness (QED) is 0.904. The zero-order valence-corrected chi connectivity index (χ0v) is 12.6. The number of likely N-dealkylation sites (tertiary alicyclic amines) is 1. The predicted molar refractivity (Wildman–Crippen MR) is 78.9 cm³/mol. The van der Waals surface area contributed by atoms with Crippen LogP contribution in [0.1, 0.15) is 30.1 Å². The standard InChI is InChI=1S/C15H22FN3O2/c1-3-17-14-13(8-12(16)9-18-14)15(20)19-6-4-11(5-7-19)10-21-2/h8-9,11H,3-7,10H2,1-2H3,(H,17,18). The molecule has 116 valence electrons. The molecule has 0 radical (unpaired) electrons. The molecule has 6 heteroatoms. The number of halogens is 1. The van der Waals surface area contributed by atoms with Gasteiger partial charge in [0.25, 0.3) is 5.91 Å². The Labute approximate surface area is 124 Å². The lowest BCUT2D eigenvalue weighted by Crippen LogP contribution is -2.39. The minimum absolute atomic E-state index is 0.159. The lowest BCUT2D eigenvalue weighted by molar-refractivity contribution is 0.0613. The van der Waals surface area contributed by atoms with Gasteiger partial charge in [0.1, 0.15) is 11.6 Å². The van der Waals surface area contributed by atoms with Crippen molar-refractivity contribution in [3.05, 3.63) is 23.6 Å². The van der Waals surface area contributed by atoms with Gasteiger partial charge < -0.3 is 15.0 Å². The van der Waals surface area contributed by atoms with Gasteiger partial charge >= 0.3 is 0 Å². The van der Waals surface area contributed by atoms with Crippen molar-refractivity contribution in [1.82, 2.24) is 9.88 Å². The molecule has 21 heavy (non-hydrogen) atoms. The molecule has 1 amide bonds. The lowest BCUT2D eigenvalue weighted by Gasteiger charge is -2.32. The van der Waals surface area contributed by atoms with Crippen LogP contribution in [0, 0.1) is 11.7 Å². The van der Waals surface area contributed by atoms with Gasteiger partial charge in [0.2, 0.25) is 0 Å². The molecule has 1 aliphatic rings. The van der Waals surface area contributed by atoms with Gasteiger partial charge in [-0.15, -0.1) is 0 Å². The summed E-state index contributed by atoms with van der Waals surface area (Å²) in [7, 11) is 1.69. The van der Waals surface area contributed by atoms with E-state index in [2.05, 4.69) is 10.3 Å². The Bertz CT molecular complexity index is 488. The summed E-state index contributed by atoms with van der Waals surface area (Å²) in [4.78, 5) is 18.3. The Morgan fingerprint density at radius 2 is 2.24 bits per heavy atom. The van der Waals surface area contributed by atoms with Crippen LogP contribution in [-0.2, 0) is 4.74 Å². The summed E-state index contributed by atoms with van der Waals surface area (Å²) in [6, 6.07) is 1.26. The number of hydrogen-bond acceptors (Lipinski definition) is 4. The predicted octanol–water partition coefficient (Wildman–Crippen LogP) is 2.15. The van der Waals surface area contributed by atoms with Crippen LogP contribution < -0.4 is 5.32 Å². The molecule has 0 spiro atoms. The molecule has 2 rings (SSSR count). The van der Waals surface area contributed by atoms with Crippen LogP contribution in [0.25, 0.3) is 0 Å². The highest BCUT2D eigenvalue weighted by Crippen LogP contribution is 2.22. The van der Waals surface area contributed by atoms with E-state index in [4.69, 9.17) is 4.74 Å². The van der Waals surface area contributed by atoms with Crippen LogP contribution in [0.15, 0.2) is 12.3 Å². The van der Waals surface area contributed by atoms with Gasteiger partial charge in [-0.3, -0.25) is 4.79 Å². The molecular weight excluding hydrogens is 273 g/mol. The number of nitrogens with zero attached hydrogens (tertiary/aromatic N) is 2. The van der Waals surface area contributed by atoms with Crippen LogP contribution in [-0.4, -0.2) is 49.1 Å². The average Bonchev–Trinajstić information content (AvgIpc) is 2.50. The zero-order valence-electron chi connectivity index (χ0n) is 12.6. The highest BCUT2D eigenvalue weighted by molar-refractivity contribution is 5.98. The molecule has 1 fully saturated rings. The molecule has 0 atom stereocenters. The molecule has 0 bridgehead atoms. The number of carbonyl (C=O) groups excluding carboxylic acids is 1. The summed E-state index contributed by atoms with van der Waals surface area (Å²) in [6.07, 6.45) is 2.96. The molecule has 1 aromatic heterocycles. The van der Waals surface area contributed by atoms with E-state index >= 15 is 0 Å². The van der Waals surface area contributed by atoms with Crippen molar-refractivity contribution in [3.8, 4) is 0 Å². The molecular formula is C15H22FN3O2. The Balaban J connectivity index is 2.08. The first-order valence-electron chi connectivity index (χ1n) is 7.33. The highest BCUT2D eigenvalue weighted by Gasteiger charge is 2.25. The smallest absolute Gasteiger partial charge is 0.257 e. The fourth-order valence-corrected chi connectivity index (χ4v) is 2.62. The van der Waals surface area contributed by atoms with Crippen LogP contribution in [0.4, 0.5) is 10.2 Å². The van der Waals surface area contributed by atoms with E-state index in [1.54, 1.807) is 12.0 Å². The van der Waals surface area contributed by atoms with Gasteiger partial charge in [0.05, 0.1) is 11.8 Å². The monoisotopic (exact) mass is 295 g/mol. The van der Waals surface area contributed by atoms with Crippen LogP contribution in [0.5, 0.6) is 0 Å². The largest absolute Gasteiger partial charge is 0.384 e. The summed E-state index contributed by atoms with van der Waals surface area (Å²) in [6.45, 7) is 4.63. The third-order valence-electron chi connectivity index (χ3n) is 3.73. The number of amides is 1. The molecule has 1 aliphatic heterocycles. The molecule has 1 N–H and O–H groups in total. The van der Waals surface area contributed by atoms with Crippen LogP contribution in [0.3, 0.4) is 0 Å². The van der Waals surface area contributed by atoms with Crippen molar-refractivity contribution in [2.75, 3.05) is 38.7 Å². The first-order valence-corrected chi connectivity index (χ1v) is 7.33. The number of ether oxygens (including phenoxy) is 1. The van der Waals surface area contributed by atoms with Gasteiger partial charge in [0.15, 0.2) is 0 Å². The van der Waals surface area contributed by atoms with E-state index < -0.39 is 5.82 Å². The van der Waals surface area contributed by atoms with E-state index in [1.807, 2.05) is 6.92 Å². The number of piperidine rings is 1. The number of rotatable bonds is 5. The maximum Gasteiger partial charge on any atom is 0.257 e. The molecule has 0 saturated carbocycles. The van der Waals surface area contributed by atoms with Gasteiger partial charge in [0, 0.05) is 33.4 Å². The summed E-state index contributed by atoms with van der Waals surface area (Å²) in [5, 5.41) is 3.01. The van der Waals surface area contributed by atoms with Gasteiger partial charge in [-0.1, -0.05) is 0 Å². The van der Waals surface area contributed by atoms with Gasteiger partial charge in [-0.05, 0) is 31.7 Å². The summed E-state index contributed by atoms with van der Waals surface area (Å²) in [5.74, 6) is 0.295. The van der Waals surface area contributed by atoms with Crippen molar-refractivity contribution >= 4 is 11.7 Å². The number of methoxy groups -OCH3 is 1. The molecule has 2 heterocycles. The third-order valence-corrected chi connectivity index (χ3v) is 3.73. The summed E-state index contributed by atoms with van der Waals surface area (Å²) >= 11 is 0. The topological polar surface area (TPSA) is 54.5 Å². The normalized spacial score (nSPS) is 16.0. The second-order valence-corrected chi connectivity index (χ2v) is 5.27. The van der Waals surface area contributed by atoms with Crippen LogP contribution in [0.2, 0.25) is 0 Å². The van der Waals surface area contributed by atoms with Crippen molar-refractivity contribution in [2.45, 2.75) is 19.8 Å². The third kappa shape index (κ3) is 3.91. The second-order valence-electron chi connectivity index (χ2n) is 5.27.